The predicted molar refractivity (Wildman–Crippen MR) is 313 cm³/mol. The van der Waals surface area contributed by atoms with Crippen LogP contribution in [0.5, 0.6) is 0 Å². The van der Waals surface area contributed by atoms with Crippen LogP contribution in [0.4, 0.5) is 0 Å². The molecule has 9 aromatic rings. The molecule has 0 amide bonds. The number of rotatable bonds is 6. The zero-order valence-corrected chi connectivity index (χ0v) is 47.1. The van der Waals surface area contributed by atoms with Crippen molar-refractivity contribution in [2.24, 2.45) is 0 Å². The maximum absolute atomic E-state index is 5.83. The molecule has 4 nitrogen and oxygen atoms in total. The van der Waals surface area contributed by atoms with E-state index in [2.05, 4.69) is 227 Å². The van der Waals surface area contributed by atoms with Crippen molar-refractivity contribution in [1.29, 1.82) is 0 Å². The van der Waals surface area contributed by atoms with Crippen LogP contribution in [0.15, 0.2) is 121 Å². The first-order chi connectivity index (χ1) is 35.6. The molecule has 4 bridgehead atoms. The molecule has 74 heavy (non-hydrogen) atoms. The summed E-state index contributed by atoms with van der Waals surface area (Å²) in [6, 6.07) is 45.7. The molecule has 15 rings (SSSR count). The Morgan fingerprint density at radius 2 is 0.486 bits per heavy atom. The predicted octanol–water partition coefficient (Wildman–Crippen LogP) is 17.0. The number of hydrogen-bond donors (Lipinski definition) is 0. The molecule has 6 aliphatic carbocycles. The first kappa shape index (κ1) is 47.0. The van der Waals surface area contributed by atoms with E-state index in [0.29, 0.717) is 33.2 Å². The maximum atomic E-state index is 5.83. The number of aromatic nitrogens is 4. The highest BCUT2D eigenvalue weighted by Crippen LogP contribution is 2.58. The quantitative estimate of drug-likeness (QED) is 0.0946. The van der Waals surface area contributed by atoms with E-state index in [-0.39, 0.29) is 23.7 Å². The fourth-order valence-corrected chi connectivity index (χ4v) is 26.2. The monoisotopic (exact) mass is 994 g/mol. The molecule has 0 saturated carbocycles. The van der Waals surface area contributed by atoms with Gasteiger partial charge in [0.25, 0.3) is 0 Å². The molecule has 0 atom stereocenters. The van der Waals surface area contributed by atoms with Gasteiger partial charge in [-0.2, -0.15) is 0 Å². The summed E-state index contributed by atoms with van der Waals surface area (Å²) in [4.78, 5) is 23.3. The van der Waals surface area contributed by atoms with Gasteiger partial charge >= 0.3 is 0 Å². The minimum Gasteiger partial charge on any atom is -0.243 e. The average Bonchev–Trinajstić information content (AvgIpc) is 3.39. The van der Waals surface area contributed by atoms with Crippen LogP contribution in [0, 0.1) is 22.9 Å². The zero-order valence-electron chi connectivity index (χ0n) is 45.1. The largest absolute Gasteiger partial charge is 0.243 e. The number of nitrogens with zero attached hydrogens (tertiary/aromatic N) is 4. The highest BCUT2D eigenvalue weighted by Gasteiger charge is 2.45. The summed E-state index contributed by atoms with van der Waals surface area (Å²) in [5.41, 5.74) is 35.7. The number of fused-ring (bicyclic) bond motifs is 4. The van der Waals surface area contributed by atoms with Crippen LogP contribution in [0.3, 0.4) is 0 Å². The van der Waals surface area contributed by atoms with E-state index in [9.17, 15) is 0 Å². The van der Waals surface area contributed by atoms with Gasteiger partial charge in [0.2, 0.25) is 0 Å². The summed E-state index contributed by atoms with van der Waals surface area (Å²) in [6.07, 6.45) is 0. The Hall–Kier alpha value is -6.71. The van der Waals surface area contributed by atoms with Gasteiger partial charge in [0.05, 0.1) is 33.2 Å². The molecule has 0 radical (unpaired) electrons. The van der Waals surface area contributed by atoms with Crippen LogP contribution in [-0.2, 0) is 0 Å². The molecule has 7 aromatic carbocycles. The fourth-order valence-electron chi connectivity index (χ4n) is 15.8. The Kier molecular flexibility index (Phi) is 10.7. The SMILES string of the molecule is CC(C)[Si](C#Cc1c2nc3cc4c(cc3nc2c(C#C[Si](C(C)C)(C(C)C)C(C)C)c2nc3cc5c(cc3nc12)C1c2ccccc2C5c2ccccc21)C1c2ccccc2C4c2ccccc21)(C(C)C)C(C)C. The summed E-state index contributed by atoms with van der Waals surface area (Å²) in [6.45, 7) is 28.7. The fraction of sp³-hybridized carbons (Fsp3) is 0.324. The van der Waals surface area contributed by atoms with Gasteiger partial charge in [0.15, 0.2) is 0 Å². The van der Waals surface area contributed by atoms with Gasteiger partial charge in [-0.05, 0) is 124 Å². The van der Waals surface area contributed by atoms with Crippen LogP contribution in [-0.4, -0.2) is 36.1 Å². The molecule has 2 aromatic heterocycles. The summed E-state index contributed by atoms with van der Waals surface area (Å²) in [5, 5.41) is 0. The Bertz CT molecular complexity index is 3400. The Morgan fingerprint density at radius 1 is 0.297 bits per heavy atom. The van der Waals surface area contributed by atoms with Crippen molar-refractivity contribution >= 4 is 60.3 Å². The van der Waals surface area contributed by atoms with Gasteiger partial charge in [-0.25, -0.2) is 19.9 Å². The third-order valence-corrected chi connectivity index (χ3v) is 31.5. The molecule has 6 aliphatic rings. The average molecular weight is 995 g/mol. The van der Waals surface area contributed by atoms with Gasteiger partial charge in [0.1, 0.15) is 38.2 Å². The number of benzene rings is 7. The van der Waals surface area contributed by atoms with Crippen molar-refractivity contribution in [2.45, 2.75) is 140 Å². The first-order valence-corrected chi connectivity index (χ1v) is 32.0. The number of hydrogen-bond acceptors (Lipinski definition) is 4. The minimum atomic E-state index is -2.26. The van der Waals surface area contributed by atoms with Crippen LogP contribution in [0.2, 0.25) is 33.2 Å². The smallest absolute Gasteiger partial charge is 0.146 e. The molecule has 0 spiro atoms. The van der Waals surface area contributed by atoms with Gasteiger partial charge in [0, 0.05) is 23.7 Å². The van der Waals surface area contributed by atoms with Crippen LogP contribution in [0.25, 0.3) is 44.1 Å². The van der Waals surface area contributed by atoms with Gasteiger partial charge in [-0.3, -0.25) is 0 Å². The van der Waals surface area contributed by atoms with E-state index in [1.54, 1.807) is 0 Å². The molecule has 6 heteroatoms. The normalized spacial score (nSPS) is 18.0. The second-order valence-corrected chi connectivity index (χ2v) is 35.2. The van der Waals surface area contributed by atoms with Crippen molar-refractivity contribution in [3.05, 3.63) is 199 Å². The van der Waals surface area contributed by atoms with Gasteiger partial charge in [-0.15, -0.1) is 11.1 Å². The highest BCUT2D eigenvalue weighted by atomic mass is 28.3. The van der Waals surface area contributed by atoms with E-state index in [4.69, 9.17) is 19.9 Å². The van der Waals surface area contributed by atoms with Crippen LogP contribution >= 0.6 is 0 Å². The van der Waals surface area contributed by atoms with Crippen LogP contribution < -0.4 is 0 Å². The summed E-state index contributed by atoms with van der Waals surface area (Å²) < 4.78 is 0. The lowest BCUT2D eigenvalue weighted by Crippen LogP contribution is -2.43. The van der Waals surface area contributed by atoms with E-state index >= 15 is 0 Å². The Balaban J connectivity index is 1.16. The minimum absolute atomic E-state index is 0.120. The molecule has 0 saturated heterocycles. The second-order valence-electron chi connectivity index (χ2n) is 24.1. The molecule has 2 heterocycles. The lowest BCUT2D eigenvalue weighted by molar-refractivity contribution is 0.756. The standard InChI is InChI=1S/C68H66N4Si2/c1-37(2)73(38(3)4,39(5)6)31-29-51-65-67(71-59-35-55-53(33-57(59)69-65)61-43-21-13-17-25-47(43)63(55)48-26-18-14-22-44(48)61)52(30-32-74(40(7)8,41(9)10)42(11)12)68-66(51)70-58-34-54-56(36-60(58)72-68)64-49-27-19-15-23-45(49)62(54)46-24-16-20-28-50(46)64/h13-28,33-42,61-64H,1-12H3. The maximum Gasteiger partial charge on any atom is 0.146 e. The van der Waals surface area contributed by atoms with E-state index in [1.807, 2.05) is 0 Å². The summed E-state index contributed by atoms with van der Waals surface area (Å²) in [7, 11) is -4.51. The van der Waals surface area contributed by atoms with Crippen LogP contribution in [0.1, 0.15) is 185 Å². The van der Waals surface area contributed by atoms with Crippen molar-refractivity contribution in [1.82, 2.24) is 19.9 Å². The van der Waals surface area contributed by atoms with E-state index in [0.717, 1.165) is 55.3 Å². The van der Waals surface area contributed by atoms with Gasteiger partial charge in [-0.1, -0.05) is 192 Å². The lowest BCUT2D eigenvalue weighted by Gasteiger charge is -2.42. The molecule has 0 N–H and O–H groups in total. The molecular formula is C68H66N4Si2. The van der Waals surface area contributed by atoms with Crippen molar-refractivity contribution < 1.29 is 0 Å². The van der Waals surface area contributed by atoms with E-state index < -0.39 is 16.1 Å². The topological polar surface area (TPSA) is 51.6 Å². The van der Waals surface area contributed by atoms with Gasteiger partial charge < -0.3 is 0 Å². The third-order valence-electron chi connectivity index (χ3n) is 18.9. The van der Waals surface area contributed by atoms with Crippen molar-refractivity contribution in [2.75, 3.05) is 0 Å². The molecule has 0 fully saturated rings. The van der Waals surface area contributed by atoms with E-state index in [1.165, 1.54) is 66.8 Å². The molecule has 0 aliphatic heterocycles. The molecule has 366 valence electrons. The summed E-state index contributed by atoms with van der Waals surface area (Å²) in [5.74, 6) is 8.48. The van der Waals surface area contributed by atoms with Crippen molar-refractivity contribution in [3.8, 4) is 22.9 Å². The Morgan fingerprint density at radius 3 is 0.662 bits per heavy atom. The lowest BCUT2D eigenvalue weighted by atomic mass is 9.61. The molecule has 0 unspecified atom stereocenters. The second kappa shape index (κ2) is 16.9. The third kappa shape index (κ3) is 6.40. The zero-order chi connectivity index (χ0) is 51.3. The Labute approximate surface area is 439 Å². The highest BCUT2D eigenvalue weighted by molar-refractivity contribution is 6.91. The van der Waals surface area contributed by atoms with Crippen molar-refractivity contribution in [3.63, 3.8) is 0 Å². The molecular weight excluding hydrogens is 929 g/mol. The first-order valence-electron chi connectivity index (χ1n) is 27.5. The summed E-state index contributed by atoms with van der Waals surface area (Å²) >= 11 is 0.